The maximum absolute atomic E-state index is 13.1. The monoisotopic (exact) mass is 443 g/mol. The third-order valence-electron chi connectivity index (χ3n) is 6.03. The van der Waals surface area contributed by atoms with Crippen LogP contribution in [-0.4, -0.2) is 17.6 Å². The number of halogens is 3. The van der Waals surface area contributed by atoms with Gasteiger partial charge in [-0.25, -0.2) is 4.79 Å². The molecular formula is C26H28F3NO2. The Morgan fingerprint density at radius 3 is 2.28 bits per heavy atom. The second-order valence-electron chi connectivity index (χ2n) is 8.44. The summed E-state index contributed by atoms with van der Waals surface area (Å²) in [5.74, 6) is -0.844. The molecule has 0 radical (unpaired) electrons. The molecule has 3 rings (SSSR count). The number of aliphatic carboxylic acids is 1. The van der Waals surface area contributed by atoms with Gasteiger partial charge in [-0.2, -0.15) is 13.2 Å². The van der Waals surface area contributed by atoms with Gasteiger partial charge in [-0.15, -0.1) is 6.58 Å². The molecule has 2 aromatic rings. The van der Waals surface area contributed by atoms with E-state index in [1.54, 1.807) is 6.08 Å². The second-order valence-corrected chi connectivity index (χ2v) is 8.44. The van der Waals surface area contributed by atoms with Gasteiger partial charge in [-0.05, 0) is 54.2 Å². The number of carboxylic acids is 1. The molecule has 170 valence electrons. The van der Waals surface area contributed by atoms with Crippen molar-refractivity contribution >= 4 is 11.7 Å². The van der Waals surface area contributed by atoms with Gasteiger partial charge in [0.05, 0.1) is 11.6 Å². The van der Waals surface area contributed by atoms with Gasteiger partial charge < -0.3 is 10.0 Å². The quantitative estimate of drug-likeness (QED) is 0.387. The number of rotatable bonds is 6. The number of carboxylic acid groups (broad SMARTS) is 1. The zero-order valence-corrected chi connectivity index (χ0v) is 18.3. The molecule has 0 spiro atoms. The number of carbonyl (C=O) groups is 1. The molecule has 2 atom stereocenters. The maximum Gasteiger partial charge on any atom is 0.416 e. The van der Waals surface area contributed by atoms with Crippen molar-refractivity contribution in [2.75, 3.05) is 11.4 Å². The highest BCUT2D eigenvalue weighted by Gasteiger charge is 2.36. The third kappa shape index (κ3) is 5.23. The van der Waals surface area contributed by atoms with E-state index in [1.807, 2.05) is 12.1 Å². The van der Waals surface area contributed by atoms with Crippen molar-refractivity contribution in [3.05, 3.63) is 89.5 Å². The first kappa shape index (κ1) is 23.6. The summed E-state index contributed by atoms with van der Waals surface area (Å²) in [5, 5.41) is 9.36. The minimum absolute atomic E-state index is 0.209. The maximum atomic E-state index is 13.1. The predicted octanol–water partition coefficient (Wildman–Crippen LogP) is 6.98. The summed E-state index contributed by atoms with van der Waals surface area (Å²) in [4.78, 5) is 13.6. The van der Waals surface area contributed by atoms with Crippen LogP contribution in [0.1, 0.15) is 55.3 Å². The van der Waals surface area contributed by atoms with Crippen LogP contribution >= 0.6 is 0 Å². The molecule has 0 amide bonds. The average molecular weight is 444 g/mol. The second kappa shape index (κ2) is 9.63. The number of anilines is 1. The Morgan fingerprint density at radius 2 is 1.78 bits per heavy atom. The van der Waals surface area contributed by atoms with Crippen LogP contribution in [-0.2, 0) is 11.0 Å². The van der Waals surface area contributed by atoms with E-state index in [0.29, 0.717) is 30.9 Å². The summed E-state index contributed by atoms with van der Waals surface area (Å²) in [5.41, 5.74) is 2.95. The van der Waals surface area contributed by atoms with Crippen molar-refractivity contribution < 1.29 is 23.1 Å². The first-order valence-corrected chi connectivity index (χ1v) is 10.7. The fourth-order valence-corrected chi connectivity index (χ4v) is 4.41. The van der Waals surface area contributed by atoms with Gasteiger partial charge in [0.1, 0.15) is 0 Å². The Balaban J connectivity index is 2.08. The number of hydrogen-bond donors (Lipinski definition) is 1. The van der Waals surface area contributed by atoms with Crippen LogP contribution in [0, 0.1) is 5.92 Å². The minimum Gasteiger partial charge on any atom is -0.478 e. The van der Waals surface area contributed by atoms with E-state index in [9.17, 15) is 23.1 Å². The zero-order chi connectivity index (χ0) is 23.5. The summed E-state index contributed by atoms with van der Waals surface area (Å²) < 4.78 is 39.3. The van der Waals surface area contributed by atoms with E-state index in [2.05, 4.69) is 37.5 Å². The van der Waals surface area contributed by atoms with Crippen LogP contribution < -0.4 is 4.90 Å². The topological polar surface area (TPSA) is 40.5 Å². The van der Waals surface area contributed by atoms with Crippen molar-refractivity contribution in [2.45, 2.75) is 44.8 Å². The summed E-state index contributed by atoms with van der Waals surface area (Å²) in [6.45, 7) is 8.63. The van der Waals surface area contributed by atoms with Crippen LogP contribution in [0.25, 0.3) is 0 Å². The molecule has 32 heavy (non-hydrogen) atoms. The van der Waals surface area contributed by atoms with Gasteiger partial charge in [0, 0.05) is 24.2 Å². The summed E-state index contributed by atoms with van der Waals surface area (Å²) in [6.07, 6.45) is -0.348. The fourth-order valence-electron chi connectivity index (χ4n) is 4.41. The Hall–Kier alpha value is -3.02. The molecule has 1 fully saturated rings. The highest BCUT2D eigenvalue weighted by molar-refractivity contribution is 5.81. The standard InChI is InChI=1S/C26H28F3NO2/c1-4-5-23-20(16-24(31)32)14-15-30(22-12-8-18(9-13-22)17(2)3)25(23)19-6-10-21(11-7-19)26(27,28)29/h4,6-13,16-17,23,25H,1,5,14-15H2,2-3H3,(H,31,32)/t23-,25+/m1/s1. The minimum atomic E-state index is -4.41. The lowest BCUT2D eigenvalue weighted by atomic mass is 9.78. The van der Waals surface area contributed by atoms with Crippen LogP contribution in [0.2, 0.25) is 0 Å². The molecule has 1 aliphatic heterocycles. The van der Waals surface area contributed by atoms with Gasteiger partial charge in [-0.1, -0.05) is 49.8 Å². The number of hydrogen-bond acceptors (Lipinski definition) is 2. The fraction of sp³-hybridized carbons (Fsp3) is 0.346. The van der Waals surface area contributed by atoms with Gasteiger partial charge in [-0.3, -0.25) is 0 Å². The van der Waals surface area contributed by atoms with Crippen LogP contribution in [0.15, 0.2) is 72.8 Å². The molecule has 1 aliphatic rings. The summed E-state index contributed by atoms with van der Waals surface area (Å²) in [7, 11) is 0. The number of alkyl halides is 3. The van der Waals surface area contributed by atoms with E-state index in [0.717, 1.165) is 23.4 Å². The first-order valence-electron chi connectivity index (χ1n) is 10.7. The summed E-state index contributed by atoms with van der Waals surface area (Å²) in [6, 6.07) is 13.1. The van der Waals surface area contributed by atoms with Crippen LogP contribution in [0.3, 0.4) is 0 Å². The van der Waals surface area contributed by atoms with Crippen LogP contribution in [0.4, 0.5) is 18.9 Å². The highest BCUT2D eigenvalue weighted by atomic mass is 19.4. The molecule has 0 aliphatic carbocycles. The lowest BCUT2D eigenvalue weighted by molar-refractivity contribution is -0.137. The Bertz CT molecular complexity index is 976. The van der Waals surface area contributed by atoms with E-state index in [-0.39, 0.29) is 12.0 Å². The molecule has 0 aromatic heterocycles. The molecular weight excluding hydrogens is 415 g/mol. The Labute approximate surface area is 186 Å². The van der Waals surface area contributed by atoms with Crippen molar-refractivity contribution in [3.8, 4) is 0 Å². The molecule has 0 saturated carbocycles. The molecule has 0 unspecified atom stereocenters. The summed E-state index contributed by atoms with van der Waals surface area (Å²) >= 11 is 0. The SMILES string of the molecule is C=CC[C@@H]1C(=CC(=O)O)CCN(c2ccc(C(C)C)cc2)[C@H]1c1ccc(C(F)(F)F)cc1. The van der Waals surface area contributed by atoms with Crippen molar-refractivity contribution in [1.29, 1.82) is 0 Å². The van der Waals surface area contributed by atoms with Crippen LogP contribution in [0.5, 0.6) is 0 Å². The van der Waals surface area contributed by atoms with E-state index < -0.39 is 17.7 Å². The highest BCUT2D eigenvalue weighted by Crippen LogP contribution is 2.44. The number of nitrogens with zero attached hydrogens (tertiary/aromatic N) is 1. The lowest BCUT2D eigenvalue weighted by Gasteiger charge is -2.44. The third-order valence-corrected chi connectivity index (χ3v) is 6.03. The van der Waals surface area contributed by atoms with Crippen molar-refractivity contribution in [2.24, 2.45) is 5.92 Å². The first-order chi connectivity index (χ1) is 15.1. The largest absolute Gasteiger partial charge is 0.478 e. The normalized spacial score (nSPS) is 20.6. The number of benzene rings is 2. The molecule has 1 N–H and O–H groups in total. The smallest absolute Gasteiger partial charge is 0.416 e. The average Bonchev–Trinajstić information content (AvgIpc) is 2.74. The number of piperidine rings is 1. The molecule has 1 heterocycles. The van der Waals surface area contributed by atoms with Gasteiger partial charge in [0.25, 0.3) is 0 Å². The molecule has 1 saturated heterocycles. The molecule has 6 heteroatoms. The van der Waals surface area contributed by atoms with Crippen molar-refractivity contribution in [1.82, 2.24) is 0 Å². The predicted molar refractivity (Wildman–Crippen MR) is 121 cm³/mol. The van der Waals surface area contributed by atoms with Gasteiger partial charge in [0.15, 0.2) is 0 Å². The van der Waals surface area contributed by atoms with Gasteiger partial charge in [0.2, 0.25) is 0 Å². The Morgan fingerprint density at radius 1 is 1.16 bits per heavy atom. The van der Waals surface area contributed by atoms with E-state index in [1.165, 1.54) is 23.8 Å². The van der Waals surface area contributed by atoms with E-state index in [4.69, 9.17) is 0 Å². The molecule has 3 nitrogen and oxygen atoms in total. The van der Waals surface area contributed by atoms with E-state index >= 15 is 0 Å². The molecule has 0 bridgehead atoms. The van der Waals surface area contributed by atoms with Crippen molar-refractivity contribution in [3.63, 3.8) is 0 Å². The zero-order valence-electron chi connectivity index (χ0n) is 18.3. The molecule has 2 aromatic carbocycles. The van der Waals surface area contributed by atoms with Gasteiger partial charge >= 0.3 is 12.1 Å². The Kier molecular flexibility index (Phi) is 7.12. The number of allylic oxidation sites excluding steroid dienone is 1. The lowest BCUT2D eigenvalue weighted by Crippen LogP contribution is -2.40.